The molecule has 0 radical (unpaired) electrons. The van der Waals surface area contributed by atoms with E-state index in [4.69, 9.17) is 5.73 Å². The summed E-state index contributed by atoms with van der Waals surface area (Å²) in [5.41, 5.74) is 10.0. The van der Waals surface area contributed by atoms with Crippen LogP contribution in [0, 0.1) is 13.8 Å². The minimum absolute atomic E-state index is 0.0222. The van der Waals surface area contributed by atoms with Crippen LogP contribution in [0.3, 0.4) is 0 Å². The number of benzene rings is 2. The van der Waals surface area contributed by atoms with E-state index in [0.29, 0.717) is 15.7 Å². The molecule has 0 aliphatic carbocycles. The Morgan fingerprint density at radius 3 is 2.29 bits per heavy atom. The van der Waals surface area contributed by atoms with Gasteiger partial charge >= 0.3 is 0 Å². The fraction of sp³-hybridized carbons (Fsp3) is 0.250. The van der Waals surface area contributed by atoms with Crippen LogP contribution < -0.4 is 5.73 Å². The lowest BCUT2D eigenvalue weighted by molar-refractivity contribution is 0.594. The fourth-order valence-electron chi connectivity index (χ4n) is 2.41. The van der Waals surface area contributed by atoms with Crippen molar-refractivity contribution in [1.82, 2.24) is 0 Å². The predicted octanol–water partition coefficient (Wildman–Crippen LogP) is 3.76. The molecule has 0 bridgehead atoms. The Kier molecular flexibility index (Phi) is 4.74. The van der Waals surface area contributed by atoms with Crippen LogP contribution in [0.15, 0.2) is 40.9 Å². The smallest absolute Gasteiger partial charge is 0.158 e. The second-order valence-corrected chi connectivity index (χ2v) is 8.21. The molecule has 0 aliphatic heterocycles. The minimum Gasteiger partial charge on any atom is -0.398 e. The van der Waals surface area contributed by atoms with Gasteiger partial charge in [-0.2, -0.15) is 0 Å². The standard InChI is InChI=1S/C16H18BrNO2S/c1-11-6-12(2)8-13(7-11)9-21(19,20)10-14-4-3-5-15(18)16(14)17/h3-8H,9-10,18H2,1-2H3. The van der Waals surface area contributed by atoms with E-state index in [1.807, 2.05) is 32.0 Å². The summed E-state index contributed by atoms with van der Waals surface area (Å²) in [6, 6.07) is 11.1. The first-order valence-corrected chi connectivity index (χ1v) is 9.19. The Morgan fingerprint density at radius 1 is 1.05 bits per heavy atom. The topological polar surface area (TPSA) is 60.2 Å². The maximum Gasteiger partial charge on any atom is 0.158 e. The largest absolute Gasteiger partial charge is 0.398 e. The molecule has 21 heavy (non-hydrogen) atoms. The number of halogens is 1. The molecule has 5 heteroatoms. The zero-order valence-electron chi connectivity index (χ0n) is 12.1. The summed E-state index contributed by atoms with van der Waals surface area (Å²) in [7, 11) is -3.25. The van der Waals surface area contributed by atoms with Crippen molar-refractivity contribution in [3.63, 3.8) is 0 Å². The molecule has 0 saturated carbocycles. The van der Waals surface area contributed by atoms with E-state index in [2.05, 4.69) is 15.9 Å². The fourth-order valence-corrected chi connectivity index (χ4v) is 4.49. The van der Waals surface area contributed by atoms with Crippen molar-refractivity contribution < 1.29 is 8.42 Å². The van der Waals surface area contributed by atoms with Crippen molar-refractivity contribution in [2.75, 3.05) is 5.73 Å². The molecule has 0 atom stereocenters. The number of rotatable bonds is 4. The molecule has 0 aromatic heterocycles. The van der Waals surface area contributed by atoms with Gasteiger partial charge in [-0.05, 0) is 47.0 Å². The first-order chi connectivity index (χ1) is 9.77. The maximum absolute atomic E-state index is 12.4. The number of nitrogens with two attached hydrogens (primary N) is 1. The van der Waals surface area contributed by atoms with Crippen LogP contribution in [0.4, 0.5) is 5.69 Å². The molecule has 0 amide bonds. The molecule has 2 rings (SSSR count). The molecule has 0 saturated heterocycles. The van der Waals surface area contributed by atoms with Gasteiger partial charge in [0.25, 0.3) is 0 Å². The molecule has 0 heterocycles. The van der Waals surface area contributed by atoms with Gasteiger partial charge < -0.3 is 5.73 Å². The average Bonchev–Trinajstić information content (AvgIpc) is 2.32. The van der Waals surface area contributed by atoms with Crippen LogP contribution in [0.25, 0.3) is 0 Å². The third-order valence-electron chi connectivity index (χ3n) is 3.15. The van der Waals surface area contributed by atoms with Gasteiger partial charge in [0, 0.05) is 10.2 Å². The second kappa shape index (κ2) is 6.20. The van der Waals surface area contributed by atoms with Crippen molar-refractivity contribution in [3.8, 4) is 0 Å². The van der Waals surface area contributed by atoms with Crippen LogP contribution in [-0.2, 0) is 21.3 Å². The number of hydrogen-bond acceptors (Lipinski definition) is 3. The molecule has 0 aliphatic rings. The van der Waals surface area contributed by atoms with Gasteiger partial charge in [0.1, 0.15) is 0 Å². The monoisotopic (exact) mass is 367 g/mol. The van der Waals surface area contributed by atoms with Gasteiger partial charge in [-0.1, -0.05) is 41.5 Å². The summed E-state index contributed by atoms with van der Waals surface area (Å²) in [5, 5.41) is 0. The SMILES string of the molecule is Cc1cc(C)cc(CS(=O)(=O)Cc2cccc(N)c2Br)c1. The average molecular weight is 368 g/mol. The quantitative estimate of drug-likeness (QED) is 0.836. The zero-order chi connectivity index (χ0) is 15.6. The minimum atomic E-state index is -3.25. The lowest BCUT2D eigenvalue weighted by atomic mass is 10.1. The van der Waals surface area contributed by atoms with Crippen LogP contribution in [0.1, 0.15) is 22.3 Å². The normalized spacial score (nSPS) is 11.6. The molecule has 0 unspecified atom stereocenters. The van der Waals surface area contributed by atoms with Crippen LogP contribution in [0.2, 0.25) is 0 Å². The van der Waals surface area contributed by atoms with Gasteiger partial charge in [0.2, 0.25) is 0 Å². The third-order valence-corrected chi connectivity index (χ3v) is 5.64. The summed E-state index contributed by atoms with van der Waals surface area (Å²) in [6.07, 6.45) is 0. The van der Waals surface area contributed by atoms with Crippen LogP contribution in [-0.4, -0.2) is 8.42 Å². The van der Waals surface area contributed by atoms with E-state index >= 15 is 0 Å². The van der Waals surface area contributed by atoms with E-state index < -0.39 is 9.84 Å². The summed E-state index contributed by atoms with van der Waals surface area (Å²) in [4.78, 5) is 0. The zero-order valence-corrected chi connectivity index (χ0v) is 14.5. The Labute approximate surface area is 134 Å². The number of sulfone groups is 1. The first kappa shape index (κ1) is 16.0. The molecule has 2 aromatic rings. The van der Waals surface area contributed by atoms with Crippen LogP contribution >= 0.6 is 15.9 Å². The molecule has 0 fully saturated rings. The van der Waals surface area contributed by atoms with Crippen molar-refractivity contribution in [2.45, 2.75) is 25.4 Å². The molecule has 3 nitrogen and oxygen atoms in total. The second-order valence-electron chi connectivity index (χ2n) is 5.35. The number of nitrogen functional groups attached to an aromatic ring is 1. The summed E-state index contributed by atoms with van der Waals surface area (Å²) >= 11 is 3.35. The van der Waals surface area contributed by atoms with Crippen molar-refractivity contribution in [1.29, 1.82) is 0 Å². The summed E-state index contributed by atoms with van der Waals surface area (Å²) in [6.45, 7) is 3.94. The Morgan fingerprint density at radius 2 is 1.67 bits per heavy atom. The van der Waals surface area contributed by atoms with E-state index in [1.54, 1.807) is 18.2 Å². The van der Waals surface area contributed by atoms with Crippen LogP contribution in [0.5, 0.6) is 0 Å². The van der Waals surface area contributed by atoms with Gasteiger partial charge in [-0.25, -0.2) is 8.42 Å². The van der Waals surface area contributed by atoms with E-state index in [-0.39, 0.29) is 11.5 Å². The Hall–Kier alpha value is -1.33. The van der Waals surface area contributed by atoms with Gasteiger partial charge in [-0.3, -0.25) is 0 Å². The van der Waals surface area contributed by atoms with Gasteiger partial charge in [0.15, 0.2) is 9.84 Å². The van der Waals surface area contributed by atoms with Gasteiger partial charge in [-0.15, -0.1) is 0 Å². The molecule has 2 aromatic carbocycles. The molecule has 0 spiro atoms. The lowest BCUT2D eigenvalue weighted by Crippen LogP contribution is -2.09. The Bertz CT molecular complexity index is 750. The van der Waals surface area contributed by atoms with E-state index in [0.717, 1.165) is 16.7 Å². The van der Waals surface area contributed by atoms with Crippen molar-refractivity contribution in [3.05, 3.63) is 63.1 Å². The molecule has 112 valence electrons. The highest BCUT2D eigenvalue weighted by Gasteiger charge is 2.16. The van der Waals surface area contributed by atoms with Crippen molar-refractivity contribution >= 4 is 31.5 Å². The highest BCUT2D eigenvalue weighted by Crippen LogP contribution is 2.26. The Balaban J connectivity index is 2.24. The number of hydrogen-bond donors (Lipinski definition) is 1. The van der Waals surface area contributed by atoms with E-state index in [1.165, 1.54) is 0 Å². The third kappa shape index (κ3) is 4.32. The molecule has 2 N–H and O–H groups in total. The summed E-state index contributed by atoms with van der Waals surface area (Å²) < 4.78 is 25.4. The predicted molar refractivity (Wildman–Crippen MR) is 90.8 cm³/mol. The molecular formula is C16H18BrNO2S. The number of aryl methyl sites for hydroxylation is 2. The summed E-state index contributed by atoms with van der Waals surface area (Å²) in [5.74, 6) is 0.0162. The van der Waals surface area contributed by atoms with Crippen molar-refractivity contribution in [2.24, 2.45) is 0 Å². The number of anilines is 1. The molecular weight excluding hydrogens is 350 g/mol. The highest BCUT2D eigenvalue weighted by atomic mass is 79.9. The lowest BCUT2D eigenvalue weighted by Gasteiger charge is -2.09. The van der Waals surface area contributed by atoms with E-state index in [9.17, 15) is 8.42 Å². The van der Waals surface area contributed by atoms with Gasteiger partial charge in [0.05, 0.1) is 11.5 Å². The first-order valence-electron chi connectivity index (χ1n) is 6.57. The maximum atomic E-state index is 12.4. The highest BCUT2D eigenvalue weighted by molar-refractivity contribution is 9.10.